The number of ketones is 1. The fourth-order valence-electron chi connectivity index (χ4n) is 6.63. The fraction of sp³-hybridized carbons (Fsp3) is 0.643. The van der Waals surface area contributed by atoms with E-state index in [9.17, 15) is 9.59 Å². The molecule has 2 saturated carbocycles. The Labute approximate surface area is 202 Å². The third-order valence-electron chi connectivity index (χ3n) is 8.38. The van der Waals surface area contributed by atoms with Gasteiger partial charge in [0.25, 0.3) is 11.0 Å². The van der Waals surface area contributed by atoms with Crippen LogP contribution in [0, 0.1) is 0 Å². The van der Waals surface area contributed by atoms with Crippen LogP contribution in [0.2, 0.25) is 0 Å². The van der Waals surface area contributed by atoms with Gasteiger partial charge >= 0.3 is 0 Å². The number of aromatic nitrogens is 2. The lowest BCUT2D eigenvalue weighted by Gasteiger charge is -2.17. The molecule has 4 aliphatic rings. The monoisotopic (exact) mass is 468 g/mol. The molecule has 4 nitrogen and oxygen atoms in total. The van der Waals surface area contributed by atoms with E-state index in [1.54, 1.807) is 11.3 Å². The van der Waals surface area contributed by atoms with Crippen molar-refractivity contribution in [3.63, 3.8) is 0 Å². The summed E-state index contributed by atoms with van der Waals surface area (Å²) in [4.78, 5) is 23.5. The first kappa shape index (κ1) is 23.0. The van der Waals surface area contributed by atoms with Gasteiger partial charge in [-0.3, -0.25) is 9.59 Å². The zero-order valence-corrected chi connectivity index (χ0v) is 20.5. The Morgan fingerprint density at radius 2 is 1.39 bits per heavy atom. The second-order valence-corrected chi connectivity index (χ2v) is 10.9. The topological polar surface area (TPSA) is 44.0 Å². The van der Waals surface area contributed by atoms with Crippen LogP contribution in [0.5, 0.6) is 0 Å². The average molecular weight is 469 g/mol. The first-order valence-corrected chi connectivity index (χ1v) is 13.6. The van der Waals surface area contributed by atoms with Crippen LogP contribution in [0.3, 0.4) is 0 Å². The van der Waals surface area contributed by atoms with Gasteiger partial charge in [0.1, 0.15) is 0 Å². The van der Waals surface area contributed by atoms with E-state index in [1.165, 1.54) is 70.0 Å². The molecule has 0 radical (unpaired) electrons. The van der Waals surface area contributed by atoms with Crippen molar-refractivity contribution >= 4 is 22.6 Å². The van der Waals surface area contributed by atoms with Crippen molar-refractivity contribution < 1.29 is 9.59 Å². The van der Waals surface area contributed by atoms with Gasteiger partial charge in [0.15, 0.2) is 0 Å². The molecular formula is C28H37ClN2O2. The van der Waals surface area contributed by atoms with Crippen LogP contribution in [0.15, 0.2) is 18.3 Å². The predicted octanol–water partition coefficient (Wildman–Crippen LogP) is 6.91. The molecule has 178 valence electrons. The van der Waals surface area contributed by atoms with Crippen molar-refractivity contribution in [3.8, 4) is 0 Å². The summed E-state index contributed by atoms with van der Waals surface area (Å²) in [7, 11) is 0. The number of nitrogens with zero attached hydrogens (tertiary/aromatic N) is 2. The maximum atomic E-state index is 12.2. The number of halogens is 1. The maximum Gasteiger partial charge on any atom is 0.294 e. The molecule has 6 rings (SSSR count). The Morgan fingerprint density at radius 3 is 2.06 bits per heavy atom. The molecule has 2 aliphatic carbocycles. The fourth-order valence-corrected chi connectivity index (χ4v) is 6.72. The molecular weight excluding hydrogens is 432 g/mol. The molecule has 4 heterocycles. The summed E-state index contributed by atoms with van der Waals surface area (Å²) in [5.41, 5.74) is 6.10. The van der Waals surface area contributed by atoms with Gasteiger partial charge < -0.3 is 9.13 Å². The van der Waals surface area contributed by atoms with Crippen LogP contribution < -0.4 is 0 Å². The van der Waals surface area contributed by atoms with Crippen LogP contribution in [-0.2, 0) is 30.7 Å². The Morgan fingerprint density at radius 1 is 0.758 bits per heavy atom. The molecule has 5 heteroatoms. The van der Waals surface area contributed by atoms with Gasteiger partial charge in [0.05, 0.1) is 5.69 Å². The van der Waals surface area contributed by atoms with Gasteiger partial charge in [-0.1, -0.05) is 25.7 Å². The Hall–Kier alpha value is -1.81. The molecule has 0 spiro atoms. The summed E-state index contributed by atoms with van der Waals surface area (Å²) in [5.74, 6) is 0.817. The van der Waals surface area contributed by atoms with E-state index in [0.29, 0.717) is 11.6 Å². The van der Waals surface area contributed by atoms with Gasteiger partial charge in [-0.05, 0) is 111 Å². The summed E-state index contributed by atoms with van der Waals surface area (Å²) in [6.07, 6.45) is 20.2. The van der Waals surface area contributed by atoms with Gasteiger partial charge in [-0.15, -0.1) is 0 Å². The van der Waals surface area contributed by atoms with Gasteiger partial charge in [0.2, 0.25) is 0 Å². The molecule has 0 N–H and O–H groups in total. The van der Waals surface area contributed by atoms with E-state index in [4.69, 9.17) is 11.6 Å². The van der Waals surface area contributed by atoms with E-state index in [0.717, 1.165) is 50.1 Å². The molecule has 2 aromatic rings. The largest absolute Gasteiger partial charge is 0.351 e. The molecule has 2 aromatic heterocycles. The van der Waals surface area contributed by atoms with Gasteiger partial charge in [-0.25, -0.2) is 0 Å². The van der Waals surface area contributed by atoms with E-state index < -0.39 is 11.0 Å². The first-order chi connectivity index (χ1) is 16.1. The van der Waals surface area contributed by atoms with Crippen LogP contribution in [0.25, 0.3) is 0 Å². The maximum absolute atomic E-state index is 12.2. The lowest BCUT2D eigenvalue weighted by atomic mass is 9.96. The number of carbonyl (C=O) groups excluding carboxylic acids is 2. The smallest absolute Gasteiger partial charge is 0.294 e. The number of aryl methyl sites for hydroxylation is 3. The van der Waals surface area contributed by atoms with Crippen LogP contribution >= 0.6 is 11.6 Å². The van der Waals surface area contributed by atoms with E-state index in [1.807, 2.05) is 4.57 Å². The highest BCUT2D eigenvalue weighted by Gasteiger charge is 2.31. The lowest BCUT2D eigenvalue weighted by molar-refractivity contribution is -0.108. The van der Waals surface area contributed by atoms with Crippen molar-refractivity contribution in [1.29, 1.82) is 0 Å². The van der Waals surface area contributed by atoms with Gasteiger partial charge in [0, 0.05) is 30.7 Å². The minimum atomic E-state index is -0.856. The number of fused-ring (bicyclic) bond motifs is 2. The third-order valence-corrected chi connectivity index (χ3v) is 8.55. The van der Waals surface area contributed by atoms with E-state index in [2.05, 4.69) is 22.9 Å². The highest BCUT2D eigenvalue weighted by molar-refractivity contribution is 6.83. The first-order valence-electron chi connectivity index (χ1n) is 13.3. The lowest BCUT2D eigenvalue weighted by Crippen LogP contribution is -2.20. The minimum Gasteiger partial charge on any atom is -0.351 e. The SMILES string of the molecule is O=C(Cl)C(=O)c1c(C2CCCC2)cc2n1CCCC2.c1c(C2CCCC2)cn2c1CCCC2. The Kier molecular flexibility index (Phi) is 7.10. The quantitative estimate of drug-likeness (QED) is 0.278. The van der Waals surface area contributed by atoms with Crippen molar-refractivity contribution in [2.75, 3.05) is 0 Å². The summed E-state index contributed by atoms with van der Waals surface area (Å²) in [6.45, 7) is 2.11. The molecule has 0 aromatic carbocycles. The summed E-state index contributed by atoms with van der Waals surface area (Å²) < 4.78 is 4.54. The number of hydrogen-bond acceptors (Lipinski definition) is 2. The van der Waals surface area contributed by atoms with Crippen molar-refractivity contribution in [2.45, 2.75) is 115 Å². The number of hydrogen-bond donors (Lipinski definition) is 0. The standard InChI is InChI=1S/C15H18ClNO2.C13H19N/c16-15(19)14(18)13-12(10-5-1-2-6-10)9-11-7-3-4-8-17(11)13;1-2-6-11(5-1)12-9-13-7-3-4-8-14(13)10-12/h9-10H,1-8H2;9-11H,1-8H2. The van der Waals surface area contributed by atoms with Crippen molar-refractivity contribution in [2.24, 2.45) is 0 Å². The molecule has 0 atom stereocenters. The Balaban J connectivity index is 0.000000144. The molecule has 0 amide bonds. The predicted molar refractivity (Wildman–Crippen MR) is 132 cm³/mol. The molecule has 33 heavy (non-hydrogen) atoms. The second kappa shape index (κ2) is 10.2. The molecule has 0 saturated heterocycles. The van der Waals surface area contributed by atoms with Crippen molar-refractivity contribution in [3.05, 3.63) is 46.5 Å². The highest BCUT2D eigenvalue weighted by atomic mass is 35.5. The van der Waals surface area contributed by atoms with Crippen molar-refractivity contribution in [1.82, 2.24) is 9.13 Å². The van der Waals surface area contributed by atoms with Crippen LogP contribution in [0.1, 0.15) is 122 Å². The summed E-state index contributed by atoms with van der Waals surface area (Å²) in [6, 6.07) is 4.64. The number of rotatable bonds is 4. The minimum absolute atomic E-state index is 0.438. The zero-order valence-electron chi connectivity index (χ0n) is 19.8. The van der Waals surface area contributed by atoms with Crippen LogP contribution in [-0.4, -0.2) is 20.2 Å². The molecule has 2 fully saturated rings. The normalized spacial score (nSPS) is 20.8. The summed E-state index contributed by atoms with van der Waals surface area (Å²) in [5, 5.41) is -0.856. The molecule has 2 aliphatic heterocycles. The highest BCUT2D eigenvalue weighted by Crippen LogP contribution is 2.39. The molecule has 0 bridgehead atoms. The molecule has 0 unspecified atom stereocenters. The number of Topliss-reactive ketones (excluding diaryl/α,β-unsaturated/α-hetero) is 1. The number of carbonyl (C=O) groups is 2. The third kappa shape index (κ3) is 4.87. The van der Waals surface area contributed by atoms with E-state index >= 15 is 0 Å². The summed E-state index contributed by atoms with van der Waals surface area (Å²) >= 11 is 5.44. The zero-order chi connectivity index (χ0) is 22.8. The van der Waals surface area contributed by atoms with Gasteiger partial charge in [-0.2, -0.15) is 0 Å². The van der Waals surface area contributed by atoms with E-state index in [-0.39, 0.29) is 0 Å². The second-order valence-electron chi connectivity index (χ2n) is 10.5. The average Bonchev–Trinajstić information content (AvgIpc) is 3.62. The van der Waals surface area contributed by atoms with Crippen LogP contribution in [0.4, 0.5) is 0 Å². The Bertz CT molecular complexity index is 982.